The predicted molar refractivity (Wildman–Crippen MR) is 71.3 cm³/mol. The summed E-state index contributed by atoms with van der Waals surface area (Å²) >= 11 is 1.65. The Bertz CT molecular complexity index is 254. The van der Waals surface area contributed by atoms with Crippen LogP contribution in [-0.4, -0.2) is 35.5 Å². The molecule has 0 rings (SSSR count). The van der Waals surface area contributed by atoms with E-state index in [4.69, 9.17) is 5.11 Å². The fourth-order valence-corrected chi connectivity index (χ4v) is 1.78. The number of carboxylic acids is 1. The summed E-state index contributed by atoms with van der Waals surface area (Å²) in [4.78, 5) is 21.8. The van der Waals surface area contributed by atoms with E-state index in [0.29, 0.717) is 19.4 Å². The van der Waals surface area contributed by atoms with E-state index >= 15 is 0 Å². The van der Waals surface area contributed by atoms with Crippen molar-refractivity contribution in [3.05, 3.63) is 0 Å². The Morgan fingerprint density at radius 1 is 1.24 bits per heavy atom. The standard InChI is InChI=1S/C12H23NO3S/c1-12(2,6-4-11(15)16)7-8-13-10(14)5-9-17-3/h4-9H2,1-3H3,(H,13,14)(H,15,16). The Morgan fingerprint density at radius 3 is 2.41 bits per heavy atom. The molecular formula is C12H23NO3S. The van der Waals surface area contributed by atoms with Gasteiger partial charge in [-0.3, -0.25) is 9.59 Å². The van der Waals surface area contributed by atoms with E-state index in [2.05, 4.69) is 5.32 Å². The van der Waals surface area contributed by atoms with E-state index in [9.17, 15) is 9.59 Å². The van der Waals surface area contributed by atoms with Crippen molar-refractivity contribution in [2.75, 3.05) is 18.6 Å². The topological polar surface area (TPSA) is 66.4 Å². The largest absolute Gasteiger partial charge is 0.481 e. The highest BCUT2D eigenvalue weighted by atomic mass is 32.2. The zero-order chi connectivity index (χ0) is 13.3. The first-order chi connectivity index (χ1) is 7.87. The fraction of sp³-hybridized carbons (Fsp3) is 0.833. The van der Waals surface area contributed by atoms with Gasteiger partial charge >= 0.3 is 5.97 Å². The minimum absolute atomic E-state index is 0.0365. The van der Waals surface area contributed by atoms with Gasteiger partial charge in [-0.05, 0) is 24.5 Å². The van der Waals surface area contributed by atoms with E-state index in [1.807, 2.05) is 20.1 Å². The third-order valence-electron chi connectivity index (χ3n) is 2.67. The first-order valence-corrected chi connectivity index (χ1v) is 7.24. The van der Waals surface area contributed by atoms with Crippen molar-refractivity contribution in [1.82, 2.24) is 5.32 Å². The average Bonchev–Trinajstić information content (AvgIpc) is 2.23. The molecule has 5 heteroatoms. The molecule has 0 aromatic heterocycles. The first-order valence-electron chi connectivity index (χ1n) is 5.85. The van der Waals surface area contributed by atoms with Crippen molar-refractivity contribution in [2.45, 2.75) is 39.5 Å². The SMILES string of the molecule is CSCCC(=O)NCCC(C)(C)CCC(=O)O. The predicted octanol–water partition coefficient (Wildman–Crippen LogP) is 2.14. The molecule has 0 aliphatic carbocycles. The maximum Gasteiger partial charge on any atom is 0.303 e. The molecule has 0 saturated heterocycles. The van der Waals surface area contributed by atoms with Crippen molar-refractivity contribution in [2.24, 2.45) is 5.41 Å². The quantitative estimate of drug-likeness (QED) is 0.667. The minimum Gasteiger partial charge on any atom is -0.481 e. The molecule has 0 fully saturated rings. The van der Waals surface area contributed by atoms with Crippen LogP contribution in [0.15, 0.2) is 0 Å². The lowest BCUT2D eigenvalue weighted by molar-refractivity contribution is -0.137. The van der Waals surface area contributed by atoms with Crippen LogP contribution in [0.2, 0.25) is 0 Å². The van der Waals surface area contributed by atoms with Gasteiger partial charge in [0.1, 0.15) is 0 Å². The number of thioether (sulfide) groups is 1. The zero-order valence-electron chi connectivity index (χ0n) is 10.9. The molecule has 4 nitrogen and oxygen atoms in total. The van der Waals surface area contributed by atoms with Crippen molar-refractivity contribution in [1.29, 1.82) is 0 Å². The van der Waals surface area contributed by atoms with Crippen molar-refractivity contribution in [3.8, 4) is 0 Å². The lowest BCUT2D eigenvalue weighted by Crippen LogP contribution is -2.28. The summed E-state index contributed by atoms with van der Waals surface area (Å²) in [5, 5.41) is 11.5. The Balaban J connectivity index is 3.70. The van der Waals surface area contributed by atoms with Crippen LogP contribution in [0.3, 0.4) is 0 Å². The van der Waals surface area contributed by atoms with Crippen LogP contribution in [0.1, 0.15) is 39.5 Å². The molecule has 0 aliphatic rings. The molecular weight excluding hydrogens is 238 g/mol. The van der Waals surface area contributed by atoms with Gasteiger partial charge in [0.15, 0.2) is 0 Å². The molecule has 0 spiro atoms. The van der Waals surface area contributed by atoms with E-state index in [1.54, 1.807) is 11.8 Å². The third kappa shape index (κ3) is 10.2. The highest BCUT2D eigenvalue weighted by Gasteiger charge is 2.19. The average molecular weight is 261 g/mol. The first kappa shape index (κ1) is 16.3. The fourth-order valence-electron chi connectivity index (χ4n) is 1.39. The summed E-state index contributed by atoms with van der Waals surface area (Å²) in [6.07, 6.45) is 4.17. The molecule has 1 amide bonds. The minimum atomic E-state index is -0.762. The lowest BCUT2D eigenvalue weighted by atomic mass is 9.84. The summed E-state index contributed by atoms with van der Waals surface area (Å²) in [5.74, 6) is 0.157. The molecule has 0 aromatic rings. The van der Waals surface area contributed by atoms with E-state index < -0.39 is 5.97 Å². The van der Waals surface area contributed by atoms with Crippen LogP contribution < -0.4 is 5.32 Å². The van der Waals surface area contributed by atoms with Gasteiger partial charge in [0.05, 0.1) is 0 Å². The summed E-state index contributed by atoms with van der Waals surface area (Å²) in [6.45, 7) is 4.69. The van der Waals surface area contributed by atoms with Gasteiger partial charge in [-0.15, -0.1) is 0 Å². The van der Waals surface area contributed by atoms with E-state index in [0.717, 1.165) is 12.2 Å². The summed E-state index contributed by atoms with van der Waals surface area (Å²) < 4.78 is 0. The Labute approximate surface area is 108 Å². The summed E-state index contributed by atoms with van der Waals surface area (Å²) in [5.41, 5.74) is -0.0365. The van der Waals surface area contributed by atoms with Crippen molar-refractivity contribution in [3.63, 3.8) is 0 Å². The smallest absolute Gasteiger partial charge is 0.303 e. The molecule has 0 bridgehead atoms. The number of aliphatic carboxylic acids is 1. The second-order valence-corrected chi connectivity index (χ2v) is 5.89. The van der Waals surface area contributed by atoms with Crippen LogP contribution in [0.25, 0.3) is 0 Å². The van der Waals surface area contributed by atoms with Gasteiger partial charge in [0, 0.05) is 25.1 Å². The summed E-state index contributed by atoms with van der Waals surface area (Å²) in [6, 6.07) is 0. The van der Waals surface area contributed by atoms with Crippen LogP contribution in [0, 0.1) is 5.41 Å². The third-order valence-corrected chi connectivity index (χ3v) is 3.29. The molecule has 0 unspecified atom stereocenters. The van der Waals surface area contributed by atoms with Gasteiger partial charge < -0.3 is 10.4 Å². The second kappa shape index (κ2) is 8.39. The molecule has 0 aliphatic heterocycles. The molecule has 0 atom stereocenters. The Morgan fingerprint density at radius 2 is 1.88 bits per heavy atom. The van der Waals surface area contributed by atoms with Gasteiger partial charge in [0.25, 0.3) is 0 Å². The van der Waals surface area contributed by atoms with Crippen molar-refractivity contribution >= 4 is 23.6 Å². The van der Waals surface area contributed by atoms with E-state index in [1.165, 1.54) is 0 Å². The summed E-state index contributed by atoms with van der Waals surface area (Å²) in [7, 11) is 0. The number of carbonyl (C=O) groups is 2. The number of carboxylic acid groups (broad SMARTS) is 1. The number of carbonyl (C=O) groups excluding carboxylic acids is 1. The zero-order valence-corrected chi connectivity index (χ0v) is 11.7. The maximum absolute atomic E-state index is 11.3. The molecule has 0 heterocycles. The molecule has 0 radical (unpaired) electrons. The lowest BCUT2D eigenvalue weighted by Gasteiger charge is -2.23. The highest BCUT2D eigenvalue weighted by Crippen LogP contribution is 2.25. The Kier molecular flexibility index (Phi) is 8.04. The molecule has 0 aromatic carbocycles. The molecule has 17 heavy (non-hydrogen) atoms. The highest BCUT2D eigenvalue weighted by molar-refractivity contribution is 7.98. The number of nitrogens with one attached hydrogen (secondary N) is 1. The van der Waals surface area contributed by atoms with Crippen LogP contribution >= 0.6 is 11.8 Å². The molecule has 2 N–H and O–H groups in total. The van der Waals surface area contributed by atoms with Crippen LogP contribution in [0.4, 0.5) is 0 Å². The monoisotopic (exact) mass is 261 g/mol. The number of hydrogen-bond donors (Lipinski definition) is 2. The Hall–Kier alpha value is -0.710. The van der Waals surface area contributed by atoms with E-state index in [-0.39, 0.29) is 17.7 Å². The van der Waals surface area contributed by atoms with Crippen LogP contribution in [-0.2, 0) is 9.59 Å². The van der Waals surface area contributed by atoms with Gasteiger partial charge in [-0.25, -0.2) is 0 Å². The van der Waals surface area contributed by atoms with Gasteiger partial charge in [-0.2, -0.15) is 11.8 Å². The van der Waals surface area contributed by atoms with Crippen molar-refractivity contribution < 1.29 is 14.7 Å². The second-order valence-electron chi connectivity index (χ2n) is 4.90. The van der Waals surface area contributed by atoms with Crippen LogP contribution in [0.5, 0.6) is 0 Å². The number of amides is 1. The number of hydrogen-bond acceptors (Lipinski definition) is 3. The number of rotatable bonds is 9. The normalized spacial score (nSPS) is 11.2. The van der Waals surface area contributed by atoms with Gasteiger partial charge in [0.2, 0.25) is 5.91 Å². The van der Waals surface area contributed by atoms with Gasteiger partial charge in [-0.1, -0.05) is 13.8 Å². The molecule has 0 saturated carbocycles. The maximum atomic E-state index is 11.3. The molecule has 100 valence electrons.